The van der Waals surface area contributed by atoms with Gasteiger partial charge in [0, 0.05) is 19.4 Å². The molecule has 0 unspecified atom stereocenters. The number of rotatable bonds is 5. The third-order valence-electron chi connectivity index (χ3n) is 4.49. The van der Waals surface area contributed by atoms with Crippen LogP contribution in [0.5, 0.6) is 11.5 Å². The van der Waals surface area contributed by atoms with E-state index in [9.17, 15) is 9.59 Å². The van der Waals surface area contributed by atoms with Crippen molar-refractivity contribution in [2.75, 3.05) is 14.2 Å². The van der Waals surface area contributed by atoms with Gasteiger partial charge in [-0.1, -0.05) is 12.1 Å². The number of hydrogen-bond acceptors (Lipinski definition) is 6. The lowest BCUT2D eigenvalue weighted by atomic mass is 9.95. The van der Waals surface area contributed by atoms with Crippen LogP contribution in [0, 0.1) is 0 Å². The van der Waals surface area contributed by atoms with Crippen molar-refractivity contribution < 1.29 is 23.8 Å². The lowest BCUT2D eigenvalue weighted by Gasteiger charge is -2.26. The quantitative estimate of drug-likeness (QED) is 0.743. The molecule has 0 saturated carbocycles. The summed E-state index contributed by atoms with van der Waals surface area (Å²) in [5, 5.41) is 5.86. The van der Waals surface area contributed by atoms with Crippen LogP contribution in [0.15, 0.2) is 53.6 Å². The Balaban J connectivity index is 2.05. The molecular weight excluding hydrogens is 360 g/mol. The van der Waals surface area contributed by atoms with Crippen molar-refractivity contribution in [3.05, 3.63) is 59.7 Å². The standard InChI is InChI=1S/C21H22N2O5/c1-13(24)23-20(16-7-11-18(27-4)12-8-16)21(28-14(2)25)19(22-23)15-5-9-17(26-3)10-6-15/h5-12,20-21H,1-4H3/t20-,21-/m0/s1. The van der Waals surface area contributed by atoms with Gasteiger partial charge in [0.1, 0.15) is 23.3 Å². The number of carbonyl (C=O) groups is 2. The summed E-state index contributed by atoms with van der Waals surface area (Å²) in [5.74, 6) is 0.689. The SMILES string of the molecule is COc1ccc(C2=NN(C(C)=O)[C@@H](c3ccc(OC)cc3)[C@H]2OC(C)=O)cc1. The van der Waals surface area contributed by atoms with E-state index in [0.717, 1.165) is 11.1 Å². The van der Waals surface area contributed by atoms with Crippen molar-refractivity contribution in [3.8, 4) is 11.5 Å². The van der Waals surface area contributed by atoms with Crippen LogP contribution in [-0.2, 0) is 14.3 Å². The molecule has 0 aromatic heterocycles. The minimum Gasteiger partial charge on any atom is -0.497 e. The van der Waals surface area contributed by atoms with Gasteiger partial charge in [0.15, 0.2) is 6.10 Å². The predicted molar refractivity (Wildman–Crippen MR) is 103 cm³/mol. The summed E-state index contributed by atoms with van der Waals surface area (Å²) in [5.41, 5.74) is 2.04. The maximum atomic E-state index is 12.3. The van der Waals surface area contributed by atoms with Crippen LogP contribution in [0.1, 0.15) is 31.0 Å². The first-order valence-electron chi connectivity index (χ1n) is 8.78. The Kier molecular flexibility index (Phi) is 5.63. The largest absolute Gasteiger partial charge is 0.497 e. The van der Waals surface area contributed by atoms with Gasteiger partial charge in [-0.25, -0.2) is 5.01 Å². The van der Waals surface area contributed by atoms with Gasteiger partial charge in [0.2, 0.25) is 5.91 Å². The first kappa shape index (κ1) is 19.4. The fraction of sp³-hybridized carbons (Fsp3) is 0.286. The summed E-state index contributed by atoms with van der Waals surface area (Å²) in [6, 6.07) is 13.9. The fourth-order valence-electron chi connectivity index (χ4n) is 3.18. The van der Waals surface area contributed by atoms with Gasteiger partial charge >= 0.3 is 5.97 Å². The number of carbonyl (C=O) groups excluding carboxylic acids is 2. The first-order valence-corrected chi connectivity index (χ1v) is 8.78. The predicted octanol–water partition coefficient (Wildman–Crippen LogP) is 2.94. The molecule has 7 heteroatoms. The van der Waals surface area contributed by atoms with Crippen LogP contribution in [-0.4, -0.2) is 42.9 Å². The summed E-state index contributed by atoms with van der Waals surface area (Å²) in [4.78, 5) is 24.1. The van der Waals surface area contributed by atoms with Crippen LogP contribution in [0.4, 0.5) is 0 Å². The molecule has 1 aliphatic rings. The average Bonchev–Trinajstić information content (AvgIpc) is 3.07. The second kappa shape index (κ2) is 8.12. The normalized spacial score (nSPS) is 18.4. The molecule has 1 amide bonds. The van der Waals surface area contributed by atoms with E-state index in [2.05, 4.69) is 5.10 Å². The second-order valence-electron chi connectivity index (χ2n) is 6.33. The fourth-order valence-corrected chi connectivity index (χ4v) is 3.18. The minimum atomic E-state index is -0.733. The zero-order chi connectivity index (χ0) is 20.3. The Bertz CT molecular complexity index is 890. The van der Waals surface area contributed by atoms with E-state index in [1.807, 2.05) is 24.3 Å². The van der Waals surface area contributed by atoms with Gasteiger partial charge in [0.25, 0.3) is 0 Å². The molecule has 0 saturated heterocycles. The second-order valence-corrected chi connectivity index (χ2v) is 6.33. The van der Waals surface area contributed by atoms with Gasteiger partial charge in [-0.05, 0) is 42.0 Å². The number of esters is 1. The average molecular weight is 382 g/mol. The molecule has 0 radical (unpaired) electrons. The smallest absolute Gasteiger partial charge is 0.303 e. The topological polar surface area (TPSA) is 77.4 Å². The van der Waals surface area contributed by atoms with Crippen LogP contribution in [0.25, 0.3) is 0 Å². The van der Waals surface area contributed by atoms with E-state index in [1.165, 1.54) is 18.9 Å². The maximum Gasteiger partial charge on any atom is 0.303 e. The molecule has 2 aromatic rings. The molecule has 1 aliphatic heterocycles. The van der Waals surface area contributed by atoms with E-state index >= 15 is 0 Å². The summed E-state index contributed by atoms with van der Waals surface area (Å²) < 4.78 is 16.0. The lowest BCUT2D eigenvalue weighted by molar-refractivity contribution is -0.147. The Morgan fingerprint density at radius 3 is 1.89 bits per heavy atom. The van der Waals surface area contributed by atoms with E-state index in [0.29, 0.717) is 17.2 Å². The van der Waals surface area contributed by atoms with Gasteiger partial charge in [-0.3, -0.25) is 9.59 Å². The van der Waals surface area contributed by atoms with E-state index < -0.39 is 18.1 Å². The molecule has 2 atom stereocenters. The molecule has 3 rings (SSSR count). The van der Waals surface area contributed by atoms with Crippen molar-refractivity contribution in [1.82, 2.24) is 5.01 Å². The van der Waals surface area contributed by atoms with Crippen LogP contribution >= 0.6 is 0 Å². The number of amides is 1. The number of methoxy groups -OCH3 is 2. The highest BCUT2D eigenvalue weighted by molar-refractivity contribution is 6.07. The number of ether oxygens (including phenoxy) is 3. The molecule has 0 spiro atoms. The van der Waals surface area contributed by atoms with E-state index in [1.54, 1.807) is 38.5 Å². The lowest BCUT2D eigenvalue weighted by Crippen LogP contribution is -2.35. The monoisotopic (exact) mass is 382 g/mol. The highest BCUT2D eigenvalue weighted by atomic mass is 16.5. The minimum absolute atomic E-state index is 0.249. The molecule has 1 heterocycles. The summed E-state index contributed by atoms with van der Waals surface area (Å²) in [6.07, 6.45) is -0.733. The summed E-state index contributed by atoms with van der Waals surface area (Å²) >= 11 is 0. The number of hydrogen-bond donors (Lipinski definition) is 0. The van der Waals surface area contributed by atoms with E-state index in [-0.39, 0.29) is 5.91 Å². The summed E-state index contributed by atoms with van der Waals surface area (Å²) in [7, 11) is 3.17. The maximum absolute atomic E-state index is 12.3. The molecule has 7 nitrogen and oxygen atoms in total. The molecule has 0 aliphatic carbocycles. The zero-order valence-electron chi connectivity index (χ0n) is 16.2. The van der Waals surface area contributed by atoms with Gasteiger partial charge in [-0.2, -0.15) is 5.10 Å². The molecule has 0 N–H and O–H groups in total. The molecule has 0 bridgehead atoms. The molecular formula is C21H22N2O5. The van der Waals surface area contributed by atoms with Crippen molar-refractivity contribution in [1.29, 1.82) is 0 Å². The van der Waals surface area contributed by atoms with Crippen molar-refractivity contribution in [2.45, 2.75) is 26.0 Å². The van der Waals surface area contributed by atoms with Gasteiger partial charge in [-0.15, -0.1) is 0 Å². The zero-order valence-corrected chi connectivity index (χ0v) is 16.2. The summed E-state index contributed by atoms with van der Waals surface area (Å²) in [6.45, 7) is 2.77. The van der Waals surface area contributed by atoms with Crippen LogP contribution in [0.2, 0.25) is 0 Å². The number of hydrazone groups is 1. The molecule has 0 fully saturated rings. The van der Waals surface area contributed by atoms with Gasteiger partial charge < -0.3 is 14.2 Å². The molecule has 28 heavy (non-hydrogen) atoms. The van der Waals surface area contributed by atoms with Crippen molar-refractivity contribution in [3.63, 3.8) is 0 Å². The molecule has 146 valence electrons. The molecule has 2 aromatic carbocycles. The number of nitrogens with zero attached hydrogens (tertiary/aromatic N) is 2. The van der Waals surface area contributed by atoms with Crippen molar-refractivity contribution >= 4 is 17.6 Å². The first-order chi connectivity index (χ1) is 13.4. The third kappa shape index (κ3) is 3.83. The third-order valence-corrected chi connectivity index (χ3v) is 4.49. The van der Waals surface area contributed by atoms with Crippen molar-refractivity contribution in [2.24, 2.45) is 5.10 Å². The van der Waals surface area contributed by atoms with Crippen LogP contribution < -0.4 is 9.47 Å². The Labute approximate surface area is 163 Å². The van der Waals surface area contributed by atoms with E-state index in [4.69, 9.17) is 14.2 Å². The Hall–Kier alpha value is -3.35. The van der Waals surface area contributed by atoms with Gasteiger partial charge in [0.05, 0.1) is 14.2 Å². The highest BCUT2D eigenvalue weighted by Crippen LogP contribution is 2.36. The van der Waals surface area contributed by atoms with Crippen LogP contribution in [0.3, 0.4) is 0 Å². The Morgan fingerprint density at radius 2 is 1.43 bits per heavy atom. The Morgan fingerprint density at radius 1 is 0.893 bits per heavy atom. The highest BCUT2D eigenvalue weighted by Gasteiger charge is 2.43. The number of benzene rings is 2.